The van der Waals surface area contributed by atoms with Crippen LogP contribution < -0.4 is 9.47 Å². The largest absolute Gasteiger partial charge is 0.491 e. The Bertz CT molecular complexity index is 1110. The van der Waals surface area contributed by atoms with E-state index in [1.165, 1.54) is 6.92 Å². The monoisotopic (exact) mass is 554 g/mol. The van der Waals surface area contributed by atoms with Crippen molar-refractivity contribution in [3.05, 3.63) is 76.3 Å². The molecule has 2 atom stereocenters. The summed E-state index contributed by atoms with van der Waals surface area (Å²) >= 11 is 18.9. The lowest BCUT2D eigenvalue weighted by Gasteiger charge is -2.27. The second-order valence-corrected chi connectivity index (χ2v) is 9.96. The Kier molecular flexibility index (Phi) is 9.91. The number of hydrogen-bond donors (Lipinski definition) is 1. The fraction of sp³-hybridized carbons (Fsp3) is 0.385. The fourth-order valence-corrected chi connectivity index (χ4v) is 4.35. The minimum Gasteiger partial charge on any atom is -0.491 e. The van der Waals surface area contributed by atoms with Gasteiger partial charge < -0.3 is 23.9 Å². The average Bonchev–Trinajstić information content (AvgIpc) is 3.34. The molecule has 36 heavy (non-hydrogen) atoms. The Morgan fingerprint density at radius 2 is 1.75 bits per heavy atom. The number of aliphatic hydroxyl groups is 1. The molecule has 1 aromatic heterocycles. The van der Waals surface area contributed by atoms with Crippen LogP contribution in [0.15, 0.2) is 55.1 Å². The normalized spacial score (nSPS) is 13.2. The van der Waals surface area contributed by atoms with Gasteiger partial charge >= 0.3 is 5.97 Å². The highest BCUT2D eigenvalue weighted by Crippen LogP contribution is 2.40. The highest BCUT2D eigenvalue weighted by Gasteiger charge is 2.26. The van der Waals surface area contributed by atoms with E-state index in [9.17, 15) is 9.90 Å². The van der Waals surface area contributed by atoms with Crippen molar-refractivity contribution in [3.8, 4) is 11.5 Å². The quantitative estimate of drug-likeness (QED) is 0.235. The fourth-order valence-electron chi connectivity index (χ4n) is 3.60. The van der Waals surface area contributed by atoms with Crippen molar-refractivity contribution in [2.45, 2.75) is 44.9 Å². The Labute approximate surface area is 225 Å². The van der Waals surface area contributed by atoms with E-state index in [2.05, 4.69) is 18.8 Å². The molecule has 0 unspecified atom stereocenters. The maximum Gasteiger partial charge on any atom is 0.303 e. The molecule has 0 amide bonds. The van der Waals surface area contributed by atoms with Gasteiger partial charge in [-0.05, 0) is 35.4 Å². The maximum atomic E-state index is 11.2. The molecule has 7 nitrogen and oxygen atoms in total. The first-order valence-electron chi connectivity index (χ1n) is 11.3. The topological polar surface area (TPSA) is 82.8 Å². The van der Waals surface area contributed by atoms with Gasteiger partial charge in [-0.1, -0.05) is 49.2 Å². The lowest BCUT2D eigenvalue weighted by atomic mass is 9.78. The molecular weight excluding hydrogens is 527 g/mol. The number of alkyl halides is 1. The van der Waals surface area contributed by atoms with Crippen molar-refractivity contribution in [2.24, 2.45) is 0 Å². The number of halogens is 3. The molecule has 0 radical (unpaired) electrons. The van der Waals surface area contributed by atoms with Crippen LogP contribution in [0.2, 0.25) is 10.0 Å². The molecule has 3 rings (SSSR count). The van der Waals surface area contributed by atoms with Crippen molar-refractivity contribution in [1.82, 2.24) is 9.55 Å². The van der Waals surface area contributed by atoms with Crippen LogP contribution in [0.4, 0.5) is 0 Å². The zero-order chi connectivity index (χ0) is 26.3. The molecule has 1 heterocycles. The molecule has 1 N–H and O–H groups in total. The van der Waals surface area contributed by atoms with Gasteiger partial charge in [0.05, 0.1) is 28.8 Å². The van der Waals surface area contributed by atoms with E-state index in [0.717, 1.165) is 11.1 Å². The van der Waals surface area contributed by atoms with E-state index < -0.39 is 23.6 Å². The molecule has 0 spiro atoms. The van der Waals surface area contributed by atoms with Crippen molar-refractivity contribution in [1.29, 1.82) is 0 Å². The highest BCUT2D eigenvalue weighted by atomic mass is 35.5. The Hall–Kier alpha value is -2.45. The van der Waals surface area contributed by atoms with Gasteiger partial charge in [0.1, 0.15) is 31.2 Å². The minimum absolute atomic E-state index is 0.0315. The van der Waals surface area contributed by atoms with Gasteiger partial charge in [0.2, 0.25) is 0 Å². The molecule has 3 aromatic rings. The highest BCUT2D eigenvalue weighted by molar-refractivity contribution is 6.37. The molecule has 10 heteroatoms. The third-order valence-corrected chi connectivity index (χ3v) is 6.54. The number of aliphatic hydroxyl groups excluding tert-OH is 1. The maximum absolute atomic E-state index is 11.2. The van der Waals surface area contributed by atoms with Crippen LogP contribution in [-0.2, 0) is 21.5 Å². The van der Waals surface area contributed by atoms with Crippen LogP contribution in [0.5, 0.6) is 11.5 Å². The second kappa shape index (κ2) is 12.7. The summed E-state index contributed by atoms with van der Waals surface area (Å²) in [6.07, 6.45) is 3.83. The standard InChI is InChI=1S/C26H29Cl3N2O5/c1-17(32)36-22(12-27)15-35-25-23(28)10-19(11-24(25)29)26(2,3)18-4-6-21(7-5-18)34-14-20(33)13-31-9-8-30-16-31/h4-11,16,20,22,33H,12-15H2,1-3H3/t20-,22+/m0/s1. The molecule has 0 saturated heterocycles. The molecule has 0 aliphatic carbocycles. The minimum atomic E-state index is -0.658. The summed E-state index contributed by atoms with van der Waals surface area (Å²) in [4.78, 5) is 15.1. The summed E-state index contributed by atoms with van der Waals surface area (Å²) in [5.41, 5.74) is 1.48. The van der Waals surface area contributed by atoms with Gasteiger partial charge in [-0.3, -0.25) is 4.79 Å². The predicted octanol–water partition coefficient (Wildman–Crippen LogP) is 5.51. The number of nitrogens with zero attached hydrogens (tertiary/aromatic N) is 2. The van der Waals surface area contributed by atoms with Crippen LogP contribution in [-0.4, -0.2) is 51.9 Å². The zero-order valence-corrected chi connectivity index (χ0v) is 22.6. The molecule has 0 aliphatic heterocycles. The zero-order valence-electron chi connectivity index (χ0n) is 20.3. The predicted molar refractivity (Wildman–Crippen MR) is 141 cm³/mol. The summed E-state index contributed by atoms with van der Waals surface area (Å²) < 4.78 is 18.3. The number of aromatic nitrogens is 2. The number of rotatable bonds is 12. The first-order valence-corrected chi connectivity index (χ1v) is 12.6. The number of esters is 1. The van der Waals surface area contributed by atoms with Crippen molar-refractivity contribution in [3.63, 3.8) is 0 Å². The van der Waals surface area contributed by atoms with Crippen molar-refractivity contribution >= 4 is 40.8 Å². The molecule has 0 saturated carbocycles. The van der Waals surface area contributed by atoms with Gasteiger partial charge in [-0.15, -0.1) is 11.6 Å². The molecule has 0 fully saturated rings. The number of hydrogen-bond acceptors (Lipinski definition) is 6. The summed E-state index contributed by atoms with van der Waals surface area (Å²) in [5, 5.41) is 10.9. The Balaban J connectivity index is 1.66. The van der Waals surface area contributed by atoms with Gasteiger partial charge in [0.25, 0.3) is 0 Å². The van der Waals surface area contributed by atoms with Crippen LogP contribution in [0.3, 0.4) is 0 Å². The molecule has 2 aromatic carbocycles. The summed E-state index contributed by atoms with van der Waals surface area (Å²) in [7, 11) is 0. The van der Waals surface area contributed by atoms with Crippen LogP contribution in [0.25, 0.3) is 0 Å². The summed E-state index contributed by atoms with van der Waals surface area (Å²) in [6.45, 7) is 6.03. The lowest BCUT2D eigenvalue weighted by Crippen LogP contribution is -2.26. The first-order chi connectivity index (χ1) is 17.1. The van der Waals surface area contributed by atoms with Crippen LogP contribution in [0.1, 0.15) is 31.9 Å². The smallest absolute Gasteiger partial charge is 0.303 e. The number of carbonyl (C=O) groups excluding carboxylic acids is 1. The Morgan fingerprint density at radius 1 is 1.08 bits per heavy atom. The average molecular weight is 556 g/mol. The van der Waals surface area contributed by atoms with Crippen molar-refractivity contribution in [2.75, 3.05) is 19.1 Å². The molecule has 0 aliphatic rings. The molecule has 0 bridgehead atoms. The van der Waals surface area contributed by atoms with Gasteiger partial charge in [0.15, 0.2) is 5.75 Å². The second-order valence-electron chi connectivity index (χ2n) is 8.84. The van der Waals surface area contributed by atoms with E-state index >= 15 is 0 Å². The van der Waals surface area contributed by atoms with E-state index in [-0.39, 0.29) is 19.1 Å². The molecular formula is C26H29Cl3N2O5. The van der Waals surface area contributed by atoms with Crippen LogP contribution in [0, 0.1) is 0 Å². The van der Waals surface area contributed by atoms with Gasteiger partial charge in [-0.25, -0.2) is 4.98 Å². The summed E-state index contributed by atoms with van der Waals surface area (Å²) in [6, 6.07) is 11.3. The van der Waals surface area contributed by atoms with Gasteiger partial charge in [-0.2, -0.15) is 0 Å². The SMILES string of the molecule is CC(=O)O[C@H](CCl)COc1c(Cl)cc(C(C)(C)c2ccc(OC[C@@H](O)Cn3ccnc3)cc2)cc1Cl. The van der Waals surface area contributed by atoms with E-state index in [0.29, 0.717) is 28.1 Å². The third-order valence-electron chi connectivity index (χ3n) is 5.64. The first kappa shape index (κ1) is 28.1. The van der Waals surface area contributed by atoms with Gasteiger partial charge in [0, 0.05) is 24.7 Å². The van der Waals surface area contributed by atoms with Crippen LogP contribution >= 0.6 is 34.8 Å². The lowest BCUT2D eigenvalue weighted by molar-refractivity contribution is -0.146. The third kappa shape index (κ3) is 7.53. The number of imidazole rings is 1. The molecule has 194 valence electrons. The van der Waals surface area contributed by atoms with E-state index in [4.69, 9.17) is 49.0 Å². The number of carbonyl (C=O) groups is 1. The number of ether oxygens (including phenoxy) is 3. The number of benzene rings is 2. The van der Waals surface area contributed by atoms with E-state index in [1.807, 2.05) is 24.3 Å². The Morgan fingerprint density at radius 3 is 2.31 bits per heavy atom. The van der Waals surface area contributed by atoms with Crippen molar-refractivity contribution < 1.29 is 24.1 Å². The summed E-state index contributed by atoms with van der Waals surface area (Å²) in [5.74, 6) is 0.600. The van der Waals surface area contributed by atoms with E-state index in [1.54, 1.807) is 35.4 Å².